The Labute approximate surface area is 134 Å². The summed E-state index contributed by atoms with van der Waals surface area (Å²) in [5.41, 5.74) is 6.67. The van der Waals surface area contributed by atoms with Crippen molar-refractivity contribution in [2.45, 2.75) is 12.8 Å². The Balaban J connectivity index is 2.07. The molecule has 2 N–H and O–H groups in total. The lowest BCUT2D eigenvalue weighted by Crippen LogP contribution is -2.35. The number of nitrogens with two attached hydrogens (primary N) is 1. The molecule has 2 aromatic carbocycles. The number of nitrogens with zero attached hydrogens (tertiary/aromatic N) is 1. The van der Waals surface area contributed by atoms with Gasteiger partial charge in [0.15, 0.2) is 0 Å². The van der Waals surface area contributed by atoms with Crippen LogP contribution in [-0.2, 0) is 11.2 Å². The van der Waals surface area contributed by atoms with Gasteiger partial charge in [-0.3, -0.25) is 9.59 Å². The third-order valence-electron chi connectivity index (χ3n) is 3.52. The molecule has 2 rings (SSSR count). The van der Waals surface area contributed by atoms with E-state index in [2.05, 4.69) is 0 Å². The van der Waals surface area contributed by atoms with Crippen molar-refractivity contribution >= 4 is 11.8 Å². The summed E-state index contributed by atoms with van der Waals surface area (Å²) in [6.07, 6.45) is 0.772. The Hall–Kier alpha value is -2.69. The van der Waals surface area contributed by atoms with Crippen LogP contribution in [0.1, 0.15) is 22.3 Å². The van der Waals surface area contributed by atoms with E-state index in [4.69, 9.17) is 5.73 Å². The maximum atomic E-state index is 13.0. The van der Waals surface area contributed by atoms with Crippen LogP contribution in [0.4, 0.5) is 4.39 Å². The molecule has 0 aromatic heterocycles. The van der Waals surface area contributed by atoms with Gasteiger partial charge >= 0.3 is 0 Å². The fourth-order valence-electron chi connectivity index (χ4n) is 2.24. The monoisotopic (exact) mass is 314 g/mol. The number of carbonyl (C=O) groups is 2. The van der Waals surface area contributed by atoms with Crippen molar-refractivity contribution in [2.75, 3.05) is 13.1 Å². The summed E-state index contributed by atoms with van der Waals surface area (Å²) in [5, 5.41) is 0. The van der Waals surface area contributed by atoms with Gasteiger partial charge < -0.3 is 10.6 Å². The van der Waals surface area contributed by atoms with Gasteiger partial charge in [0.25, 0.3) is 5.91 Å². The van der Waals surface area contributed by atoms with E-state index in [9.17, 15) is 14.0 Å². The van der Waals surface area contributed by atoms with E-state index in [1.54, 1.807) is 4.90 Å². The molecule has 2 amide bonds. The van der Waals surface area contributed by atoms with Crippen LogP contribution in [0.5, 0.6) is 0 Å². The van der Waals surface area contributed by atoms with Gasteiger partial charge in [-0.2, -0.15) is 0 Å². The minimum Gasteiger partial charge on any atom is -0.370 e. The molecule has 0 saturated carbocycles. The predicted octanol–water partition coefficient (Wildman–Crippen LogP) is 2.39. The maximum Gasteiger partial charge on any atom is 0.253 e. The smallest absolute Gasteiger partial charge is 0.253 e. The zero-order valence-electron chi connectivity index (χ0n) is 12.7. The lowest BCUT2D eigenvalue weighted by Gasteiger charge is -2.22. The Kier molecular flexibility index (Phi) is 5.86. The first-order valence-corrected chi connectivity index (χ1v) is 7.43. The summed E-state index contributed by atoms with van der Waals surface area (Å²) in [4.78, 5) is 25.1. The van der Waals surface area contributed by atoms with E-state index in [0.717, 1.165) is 5.56 Å². The molecule has 0 aliphatic heterocycles. The van der Waals surface area contributed by atoms with Crippen LogP contribution in [0.3, 0.4) is 0 Å². The average molecular weight is 314 g/mol. The fourth-order valence-corrected chi connectivity index (χ4v) is 2.24. The average Bonchev–Trinajstić information content (AvgIpc) is 2.56. The van der Waals surface area contributed by atoms with Crippen LogP contribution >= 0.6 is 0 Å². The van der Waals surface area contributed by atoms with E-state index in [1.165, 1.54) is 24.3 Å². The van der Waals surface area contributed by atoms with Gasteiger partial charge in [-0.25, -0.2) is 4.39 Å². The molecule has 0 atom stereocenters. The van der Waals surface area contributed by atoms with Crippen molar-refractivity contribution in [3.8, 4) is 0 Å². The van der Waals surface area contributed by atoms with Crippen LogP contribution in [0, 0.1) is 5.82 Å². The molecule has 0 aliphatic rings. The highest BCUT2D eigenvalue weighted by Crippen LogP contribution is 2.09. The van der Waals surface area contributed by atoms with Crippen molar-refractivity contribution in [1.82, 2.24) is 4.90 Å². The molecular formula is C18H19FN2O2. The molecule has 0 unspecified atom stereocenters. The number of hydrogen-bond donors (Lipinski definition) is 1. The predicted molar refractivity (Wildman–Crippen MR) is 86.3 cm³/mol. The third-order valence-corrected chi connectivity index (χ3v) is 3.52. The molecule has 0 radical (unpaired) electrons. The summed E-state index contributed by atoms with van der Waals surface area (Å²) in [6, 6.07) is 15.1. The summed E-state index contributed by atoms with van der Waals surface area (Å²) < 4.78 is 13.0. The summed E-state index contributed by atoms with van der Waals surface area (Å²) in [5.74, 6) is -1.08. The molecule has 0 fully saturated rings. The molecule has 0 spiro atoms. The van der Waals surface area contributed by atoms with Crippen LogP contribution in [-0.4, -0.2) is 29.8 Å². The van der Waals surface area contributed by atoms with Crippen molar-refractivity contribution in [3.63, 3.8) is 0 Å². The van der Waals surface area contributed by atoms with Crippen LogP contribution in [0.25, 0.3) is 0 Å². The second-order valence-electron chi connectivity index (χ2n) is 5.25. The first-order chi connectivity index (χ1) is 11.1. The van der Waals surface area contributed by atoms with Gasteiger partial charge in [-0.1, -0.05) is 30.3 Å². The standard InChI is InChI=1S/C18H19FN2O2/c19-16-8-6-15(7-9-16)18(23)21(13-11-17(20)22)12-10-14-4-2-1-3-5-14/h1-9H,10-13H2,(H2,20,22). The lowest BCUT2D eigenvalue weighted by atomic mass is 10.1. The first-order valence-electron chi connectivity index (χ1n) is 7.43. The zero-order valence-corrected chi connectivity index (χ0v) is 12.7. The Bertz CT molecular complexity index is 656. The maximum absolute atomic E-state index is 13.0. The molecular weight excluding hydrogens is 295 g/mol. The molecule has 2 aromatic rings. The quantitative estimate of drug-likeness (QED) is 0.853. The van der Waals surface area contributed by atoms with Gasteiger partial charge in [0.05, 0.1) is 0 Å². The van der Waals surface area contributed by atoms with Crippen molar-refractivity contribution in [3.05, 3.63) is 71.5 Å². The first kappa shape index (κ1) is 16.7. The van der Waals surface area contributed by atoms with E-state index in [0.29, 0.717) is 18.5 Å². The molecule has 5 heteroatoms. The minimum absolute atomic E-state index is 0.0989. The summed E-state index contributed by atoms with van der Waals surface area (Å²) >= 11 is 0. The molecule has 120 valence electrons. The van der Waals surface area contributed by atoms with Crippen molar-refractivity contribution in [1.29, 1.82) is 0 Å². The van der Waals surface area contributed by atoms with Gasteiger partial charge in [0, 0.05) is 25.1 Å². The van der Waals surface area contributed by atoms with E-state index >= 15 is 0 Å². The molecule has 0 saturated heterocycles. The van der Waals surface area contributed by atoms with Gasteiger partial charge in [-0.05, 0) is 36.2 Å². The van der Waals surface area contributed by atoms with E-state index in [1.807, 2.05) is 30.3 Å². The molecule has 4 nitrogen and oxygen atoms in total. The third kappa shape index (κ3) is 5.21. The number of hydrogen-bond acceptors (Lipinski definition) is 2. The summed E-state index contributed by atoms with van der Waals surface area (Å²) in [7, 11) is 0. The SMILES string of the molecule is NC(=O)CCN(CCc1ccccc1)C(=O)c1ccc(F)cc1. The molecule has 0 bridgehead atoms. The highest BCUT2D eigenvalue weighted by Gasteiger charge is 2.16. The highest BCUT2D eigenvalue weighted by atomic mass is 19.1. The fraction of sp³-hybridized carbons (Fsp3) is 0.222. The summed E-state index contributed by atoms with van der Waals surface area (Å²) in [6.45, 7) is 0.714. The van der Waals surface area contributed by atoms with Gasteiger partial charge in [-0.15, -0.1) is 0 Å². The van der Waals surface area contributed by atoms with E-state index in [-0.39, 0.29) is 18.9 Å². The van der Waals surface area contributed by atoms with Crippen molar-refractivity contribution in [2.24, 2.45) is 5.73 Å². The highest BCUT2D eigenvalue weighted by molar-refractivity contribution is 5.94. The topological polar surface area (TPSA) is 63.4 Å². The zero-order chi connectivity index (χ0) is 16.7. The number of benzene rings is 2. The van der Waals surface area contributed by atoms with Crippen LogP contribution in [0.2, 0.25) is 0 Å². The number of amides is 2. The normalized spacial score (nSPS) is 10.3. The van der Waals surface area contributed by atoms with Gasteiger partial charge in [0.2, 0.25) is 5.91 Å². The van der Waals surface area contributed by atoms with Crippen LogP contribution in [0.15, 0.2) is 54.6 Å². The number of halogens is 1. The van der Waals surface area contributed by atoms with Crippen molar-refractivity contribution < 1.29 is 14.0 Å². The lowest BCUT2D eigenvalue weighted by molar-refractivity contribution is -0.118. The minimum atomic E-state index is -0.457. The Morgan fingerprint density at radius 1 is 0.957 bits per heavy atom. The second-order valence-corrected chi connectivity index (χ2v) is 5.25. The number of carbonyl (C=O) groups excluding carboxylic acids is 2. The largest absolute Gasteiger partial charge is 0.370 e. The molecule has 23 heavy (non-hydrogen) atoms. The Morgan fingerprint density at radius 2 is 1.61 bits per heavy atom. The Morgan fingerprint density at radius 3 is 2.22 bits per heavy atom. The van der Waals surface area contributed by atoms with E-state index < -0.39 is 11.7 Å². The number of primary amides is 1. The van der Waals surface area contributed by atoms with Gasteiger partial charge in [0.1, 0.15) is 5.82 Å². The molecule has 0 heterocycles. The number of rotatable bonds is 7. The molecule has 0 aliphatic carbocycles. The second kappa shape index (κ2) is 8.08. The van der Waals surface area contributed by atoms with Crippen LogP contribution < -0.4 is 5.73 Å².